The van der Waals surface area contributed by atoms with Crippen molar-refractivity contribution >= 4 is 53.4 Å². The molecule has 0 saturated heterocycles. The molecule has 0 aliphatic carbocycles. The van der Waals surface area contributed by atoms with Crippen LogP contribution in [0.25, 0.3) is 0 Å². The van der Waals surface area contributed by atoms with Gasteiger partial charge in [0.1, 0.15) is 23.4 Å². The van der Waals surface area contributed by atoms with Crippen molar-refractivity contribution in [1.29, 1.82) is 0 Å². The summed E-state index contributed by atoms with van der Waals surface area (Å²) in [6.07, 6.45) is 16.3. The van der Waals surface area contributed by atoms with Gasteiger partial charge in [-0.2, -0.15) is 0 Å². The minimum Gasteiger partial charge on any atom is -0.422 e. The van der Waals surface area contributed by atoms with Crippen molar-refractivity contribution in [3.8, 4) is 17.2 Å². The van der Waals surface area contributed by atoms with E-state index in [-0.39, 0.29) is 54.1 Å². The van der Waals surface area contributed by atoms with E-state index in [4.69, 9.17) is 45.5 Å². The van der Waals surface area contributed by atoms with Crippen LogP contribution in [0.2, 0.25) is 0 Å². The van der Waals surface area contributed by atoms with Crippen LogP contribution < -0.4 is 13.6 Å². The molecule has 17 nitrogen and oxygen atoms in total. The summed E-state index contributed by atoms with van der Waals surface area (Å²) in [4.78, 5) is 30.8. The molecule has 0 aliphatic rings. The van der Waals surface area contributed by atoms with Gasteiger partial charge < -0.3 is 23.0 Å². The summed E-state index contributed by atoms with van der Waals surface area (Å²) in [5.41, 5.74) is 0.472. The van der Waals surface area contributed by atoms with E-state index in [1.54, 1.807) is 0 Å². The second kappa shape index (κ2) is 32.2. The first-order valence-corrected chi connectivity index (χ1v) is 27.3. The van der Waals surface area contributed by atoms with E-state index in [0.717, 1.165) is 18.4 Å². The van der Waals surface area contributed by atoms with Crippen LogP contribution in [0.4, 0.5) is 17.1 Å². The lowest BCUT2D eigenvalue weighted by molar-refractivity contribution is -0.385. The Balaban J connectivity index is 0.000000723. The Morgan fingerprint density at radius 1 is 0.507 bits per heavy atom. The van der Waals surface area contributed by atoms with E-state index in [1.807, 2.05) is 30.3 Å². The van der Waals surface area contributed by atoms with Crippen molar-refractivity contribution in [2.45, 2.75) is 122 Å². The summed E-state index contributed by atoms with van der Waals surface area (Å²) >= 11 is 10.3. The van der Waals surface area contributed by atoms with Crippen LogP contribution >= 0.6 is 36.4 Å². The van der Waals surface area contributed by atoms with E-state index in [9.17, 15) is 39.5 Å². The number of phosphoric acid groups is 1. The molecule has 0 amide bonds. The third-order valence-corrected chi connectivity index (χ3v) is 12.2. The van der Waals surface area contributed by atoms with Crippen molar-refractivity contribution in [3.05, 3.63) is 139 Å². The molecule has 4 aromatic carbocycles. The van der Waals surface area contributed by atoms with Gasteiger partial charge in [-0.25, -0.2) is 9.13 Å². The lowest BCUT2D eigenvalue weighted by Gasteiger charge is -2.23. The van der Waals surface area contributed by atoms with Gasteiger partial charge in [0.25, 0.3) is 17.1 Å². The van der Waals surface area contributed by atoms with Gasteiger partial charge in [0.05, 0.1) is 34.6 Å². The number of nitro benzene ring substituents is 3. The number of rotatable bonds is 34. The van der Waals surface area contributed by atoms with Crippen molar-refractivity contribution in [2.75, 3.05) is 19.8 Å². The molecule has 1 atom stereocenters. The molecular weight excluding hydrogens is 951 g/mol. The van der Waals surface area contributed by atoms with Crippen LogP contribution in [-0.2, 0) is 29.7 Å². The highest BCUT2D eigenvalue weighted by molar-refractivity contribution is 8.05. The maximum atomic E-state index is 14.0. The normalized spacial score (nSPS) is 11.8. The monoisotopic (exact) mass is 1010 g/mol. The Morgan fingerprint density at radius 3 is 1.25 bits per heavy atom. The van der Waals surface area contributed by atoms with E-state index in [1.165, 1.54) is 163 Å². The molecule has 21 heteroatoms. The number of halogens is 2. The number of phosphoric ester groups is 1. The first-order chi connectivity index (χ1) is 32.2. The van der Waals surface area contributed by atoms with Crippen molar-refractivity contribution in [3.63, 3.8) is 0 Å². The summed E-state index contributed by atoms with van der Waals surface area (Å²) in [7, 11) is -4.44. The molecule has 0 bridgehead atoms. The maximum Gasteiger partial charge on any atom is 0.587 e. The molecule has 67 heavy (non-hydrogen) atoms. The molecule has 0 heterocycles. The number of benzene rings is 4. The van der Waals surface area contributed by atoms with E-state index in [0.29, 0.717) is 6.61 Å². The number of non-ortho nitro benzene ring substituents is 3. The highest BCUT2D eigenvalue weighted by Crippen LogP contribution is 2.57. The molecule has 0 aromatic heterocycles. The van der Waals surface area contributed by atoms with Gasteiger partial charge in [-0.1, -0.05) is 134 Å². The van der Waals surface area contributed by atoms with Gasteiger partial charge >= 0.3 is 13.9 Å². The summed E-state index contributed by atoms with van der Waals surface area (Å²) in [6, 6.07) is 24.4. The maximum absolute atomic E-state index is 14.0. The zero-order valence-corrected chi connectivity index (χ0v) is 41.0. The molecule has 0 spiro atoms. The Hall–Kier alpha value is -4.60. The zero-order valence-electron chi connectivity index (χ0n) is 37.7. The Labute approximate surface area is 401 Å². The predicted molar refractivity (Wildman–Crippen MR) is 259 cm³/mol. The minimum absolute atomic E-state index is 0.00217. The molecule has 4 aromatic rings. The third kappa shape index (κ3) is 25.9. The minimum atomic E-state index is -4.44. The molecule has 0 unspecified atom stereocenters. The fourth-order valence-corrected chi connectivity index (χ4v) is 8.51. The van der Waals surface area contributed by atoms with Crippen molar-refractivity contribution in [2.24, 2.45) is 0 Å². The fraction of sp³-hybridized carbons (Fsp3) is 0.478. The summed E-state index contributed by atoms with van der Waals surface area (Å²) in [5.74, 6) is 0.119. The van der Waals surface area contributed by atoms with Crippen molar-refractivity contribution < 1.29 is 51.5 Å². The van der Waals surface area contributed by atoms with Gasteiger partial charge in [-0.3, -0.25) is 34.9 Å². The molecular formula is C46H61Cl2N3O14P2. The van der Waals surface area contributed by atoms with Crippen LogP contribution in [0.5, 0.6) is 17.2 Å². The number of nitro groups is 3. The SMILES string of the molecule is CCCCCCCCCCCCCCCCCCOC[C@H](COP(=O)(Oc1ccc([N+](=O)[O-])cc1)Oc1ccc([N+](=O)[O-])cc1)OCc1ccccc1.O=[N+]([O-])c1ccc(OP(=O)(Cl)Cl)cc1. The highest BCUT2D eigenvalue weighted by Gasteiger charge is 2.33. The average molecular weight is 1010 g/mol. The quantitative estimate of drug-likeness (QED) is 0.0184. The molecule has 0 radical (unpaired) electrons. The first kappa shape index (κ1) is 56.7. The summed E-state index contributed by atoms with van der Waals surface area (Å²) < 4.78 is 58.5. The lowest BCUT2D eigenvalue weighted by atomic mass is 10.0. The number of hydrogen-bond donors (Lipinski definition) is 0. The van der Waals surface area contributed by atoms with Crippen LogP contribution in [0.1, 0.15) is 115 Å². The Kier molecular flexibility index (Phi) is 27.3. The standard InChI is InChI=1S/C40H57N2O10P.C6H4Cl2NO4P/c1-2-3-4-5-6-7-8-9-10-11-12-13-14-15-16-20-31-48-33-40(49-32-35-21-18-17-19-22-35)34-50-53(47,51-38-27-23-36(24-28-38)41(43)44)52-39-29-25-37(26-30-39)42(45)46;7-14(8,12)13-6-3-1-5(2-4-6)9(10)11/h17-19,21-30,40H,2-16,20,31-34H2,1H3;1-4H/t40-;/m1./s1. The highest BCUT2D eigenvalue weighted by atomic mass is 35.9. The average Bonchev–Trinajstić information content (AvgIpc) is 3.29. The third-order valence-electron chi connectivity index (χ3n) is 9.98. The van der Waals surface area contributed by atoms with Gasteiger partial charge in [-0.15, -0.1) is 0 Å². The molecule has 0 fully saturated rings. The van der Waals surface area contributed by atoms with Crippen LogP contribution in [0, 0.1) is 30.3 Å². The van der Waals surface area contributed by atoms with E-state index in [2.05, 4.69) is 11.4 Å². The van der Waals surface area contributed by atoms with Crippen LogP contribution in [0.3, 0.4) is 0 Å². The Bertz CT molecular complexity index is 2050. The predicted octanol–water partition coefficient (Wildman–Crippen LogP) is 15.5. The summed E-state index contributed by atoms with van der Waals surface area (Å²) in [5, 5.41) is 32.5. The van der Waals surface area contributed by atoms with Gasteiger partial charge in [0.15, 0.2) is 0 Å². The number of nitrogens with zero attached hydrogens (tertiary/aromatic N) is 3. The second-order valence-electron chi connectivity index (χ2n) is 15.5. The van der Waals surface area contributed by atoms with Gasteiger partial charge in [-0.05, 0) is 48.4 Å². The van der Waals surface area contributed by atoms with Crippen LogP contribution in [0.15, 0.2) is 103 Å². The fourth-order valence-electron chi connectivity index (χ4n) is 6.41. The first-order valence-electron chi connectivity index (χ1n) is 22.5. The smallest absolute Gasteiger partial charge is 0.422 e. The van der Waals surface area contributed by atoms with E-state index < -0.39 is 34.8 Å². The van der Waals surface area contributed by atoms with Crippen molar-refractivity contribution in [1.82, 2.24) is 0 Å². The molecule has 0 aliphatic heterocycles. The molecule has 4 rings (SSSR count). The lowest BCUT2D eigenvalue weighted by Crippen LogP contribution is -2.26. The second-order valence-corrected chi connectivity index (χ2v) is 21.2. The Morgan fingerprint density at radius 2 is 0.881 bits per heavy atom. The number of hydrogen-bond acceptors (Lipinski definition) is 14. The molecule has 368 valence electrons. The topological polar surface area (TPSA) is 219 Å². The van der Waals surface area contributed by atoms with E-state index >= 15 is 0 Å². The van der Waals surface area contributed by atoms with Crippen LogP contribution in [-0.4, -0.2) is 40.7 Å². The van der Waals surface area contributed by atoms with Gasteiger partial charge in [0.2, 0.25) is 0 Å². The summed E-state index contributed by atoms with van der Waals surface area (Å²) in [6.45, 7) is 2.99. The number of unbranched alkanes of at least 4 members (excludes halogenated alkanes) is 15. The van der Waals surface area contributed by atoms with Gasteiger partial charge in [0, 0.05) is 65.5 Å². The number of ether oxygens (including phenoxy) is 2. The molecule has 0 saturated carbocycles. The largest absolute Gasteiger partial charge is 0.587 e. The zero-order chi connectivity index (χ0) is 48.8. The molecule has 0 N–H and O–H groups in total.